The minimum absolute atomic E-state index is 0.435. The van der Waals surface area contributed by atoms with Crippen LogP contribution in [0.2, 0.25) is 0 Å². The molecule has 0 atom stereocenters. The number of fused-ring (bicyclic) bond motifs is 3. The molecule has 160 valence electrons. The largest absolute Gasteiger partial charge is 0.455 e. The van der Waals surface area contributed by atoms with E-state index in [1.54, 1.807) is 0 Å². The molecule has 0 saturated carbocycles. The number of halogens is 1. The third-order valence-electron chi connectivity index (χ3n) is 5.92. The number of hydrogen-bond donors (Lipinski definition) is 0. The molecule has 6 aromatic rings. The average molecular weight is 441 g/mol. The van der Waals surface area contributed by atoms with Crippen molar-refractivity contribution in [2.24, 2.45) is 0 Å². The van der Waals surface area contributed by atoms with Gasteiger partial charge in [-0.1, -0.05) is 60.7 Å². The van der Waals surface area contributed by atoms with E-state index in [-0.39, 0.29) is 0 Å². The van der Waals surface area contributed by atoms with Crippen LogP contribution in [0, 0.1) is 17.3 Å². The molecule has 34 heavy (non-hydrogen) atoms. The number of nitrogens with zero attached hydrogens (tertiary/aromatic N) is 3. The van der Waals surface area contributed by atoms with Crippen LogP contribution in [-0.4, -0.2) is 9.97 Å². The van der Waals surface area contributed by atoms with Crippen molar-refractivity contribution in [3.63, 3.8) is 0 Å². The molecule has 0 fully saturated rings. The zero-order chi connectivity index (χ0) is 23.1. The van der Waals surface area contributed by atoms with Gasteiger partial charge in [0, 0.05) is 28.0 Å². The average Bonchev–Trinajstić information content (AvgIpc) is 3.27. The fourth-order valence-corrected chi connectivity index (χ4v) is 4.36. The predicted molar refractivity (Wildman–Crippen MR) is 130 cm³/mol. The molecular weight excluding hydrogens is 425 g/mol. The van der Waals surface area contributed by atoms with Gasteiger partial charge >= 0.3 is 0 Å². The lowest BCUT2D eigenvalue weighted by molar-refractivity contribution is 0.580. The third kappa shape index (κ3) is 3.30. The van der Waals surface area contributed by atoms with E-state index in [2.05, 4.69) is 40.3 Å². The zero-order valence-corrected chi connectivity index (χ0v) is 17.9. The van der Waals surface area contributed by atoms with E-state index in [9.17, 15) is 9.65 Å². The fourth-order valence-electron chi connectivity index (χ4n) is 4.36. The summed E-state index contributed by atoms with van der Waals surface area (Å²) in [6, 6.07) is 31.2. The summed E-state index contributed by atoms with van der Waals surface area (Å²) in [5, 5.41) is 11.4. The van der Waals surface area contributed by atoms with Crippen LogP contribution < -0.4 is 0 Å². The van der Waals surface area contributed by atoms with Crippen LogP contribution in [0.4, 0.5) is 4.39 Å². The van der Waals surface area contributed by atoms with Gasteiger partial charge in [-0.25, -0.2) is 9.97 Å². The second-order valence-electron chi connectivity index (χ2n) is 7.97. The van der Waals surface area contributed by atoms with Gasteiger partial charge in [-0.2, -0.15) is 9.65 Å². The first kappa shape index (κ1) is 19.8. The van der Waals surface area contributed by atoms with Gasteiger partial charge in [-0.05, 0) is 41.0 Å². The highest BCUT2D eigenvalue weighted by atomic mass is 19.1. The molecule has 5 heteroatoms. The van der Waals surface area contributed by atoms with Gasteiger partial charge in [-0.15, -0.1) is 0 Å². The van der Waals surface area contributed by atoms with Crippen molar-refractivity contribution in [2.45, 2.75) is 0 Å². The molecule has 0 N–H and O–H groups in total. The first-order chi connectivity index (χ1) is 16.7. The molecular formula is C29H16FN3O. The monoisotopic (exact) mass is 441 g/mol. The van der Waals surface area contributed by atoms with Crippen molar-refractivity contribution in [1.29, 1.82) is 5.26 Å². The van der Waals surface area contributed by atoms with Gasteiger partial charge in [0.25, 0.3) is 0 Å². The predicted octanol–water partition coefficient (Wildman–Crippen LogP) is 7.39. The number of aromatic nitrogens is 2. The Morgan fingerprint density at radius 1 is 0.676 bits per heavy atom. The zero-order valence-electron chi connectivity index (χ0n) is 17.9. The highest BCUT2D eigenvalue weighted by Gasteiger charge is 2.18. The second-order valence-corrected chi connectivity index (χ2v) is 7.97. The molecule has 2 heterocycles. The molecule has 0 aliphatic carbocycles. The number of furan rings is 1. The van der Waals surface area contributed by atoms with Crippen LogP contribution in [0.1, 0.15) is 5.56 Å². The summed E-state index contributed by atoms with van der Waals surface area (Å²) in [4.78, 5) is 7.78. The van der Waals surface area contributed by atoms with Crippen molar-refractivity contribution in [2.75, 3.05) is 0 Å². The van der Waals surface area contributed by atoms with Crippen LogP contribution in [0.3, 0.4) is 0 Å². The molecule has 2 aromatic heterocycles. The quantitative estimate of drug-likeness (QED) is 0.269. The lowest BCUT2D eigenvalue weighted by Crippen LogP contribution is -1.88. The fraction of sp³-hybridized carbons (Fsp3) is 0. The molecule has 0 aliphatic rings. The number of para-hydroxylation sites is 1. The summed E-state index contributed by atoms with van der Waals surface area (Å²) in [6.07, 6.45) is 1.19. The lowest BCUT2D eigenvalue weighted by Gasteiger charge is -2.07. The van der Waals surface area contributed by atoms with Crippen molar-refractivity contribution >= 4 is 21.9 Å². The van der Waals surface area contributed by atoms with Crippen molar-refractivity contribution in [3.05, 3.63) is 109 Å². The highest BCUT2D eigenvalue weighted by Crippen LogP contribution is 2.40. The van der Waals surface area contributed by atoms with Gasteiger partial charge in [0.1, 0.15) is 17.5 Å². The van der Waals surface area contributed by atoms with E-state index in [0.717, 1.165) is 33.0 Å². The summed E-state index contributed by atoms with van der Waals surface area (Å²) in [6.45, 7) is 0. The van der Waals surface area contributed by atoms with Crippen LogP contribution in [0.5, 0.6) is 0 Å². The number of nitriles is 1. The minimum Gasteiger partial charge on any atom is -0.455 e. The van der Waals surface area contributed by atoms with E-state index in [1.165, 1.54) is 12.4 Å². The topological polar surface area (TPSA) is 62.7 Å². The van der Waals surface area contributed by atoms with E-state index < -0.39 is 5.95 Å². The van der Waals surface area contributed by atoms with Crippen LogP contribution >= 0.6 is 0 Å². The number of hydrogen-bond acceptors (Lipinski definition) is 4. The number of rotatable bonds is 3. The Morgan fingerprint density at radius 3 is 2.26 bits per heavy atom. The van der Waals surface area contributed by atoms with E-state index in [1.807, 2.05) is 60.7 Å². The van der Waals surface area contributed by atoms with Crippen LogP contribution in [0.25, 0.3) is 55.4 Å². The van der Waals surface area contributed by atoms with E-state index in [0.29, 0.717) is 28.0 Å². The summed E-state index contributed by atoms with van der Waals surface area (Å²) >= 11 is 0. The van der Waals surface area contributed by atoms with Gasteiger partial charge in [0.15, 0.2) is 0 Å². The van der Waals surface area contributed by atoms with E-state index >= 15 is 0 Å². The van der Waals surface area contributed by atoms with E-state index in [4.69, 9.17) is 4.42 Å². The van der Waals surface area contributed by atoms with Gasteiger partial charge < -0.3 is 4.42 Å². The maximum atomic E-state index is 13.8. The van der Waals surface area contributed by atoms with Crippen molar-refractivity contribution in [3.8, 4) is 39.6 Å². The SMILES string of the molecule is N#Cc1cc(-c2cccc(-c3ccccc3)c2)c2oc3c(-c4cc(F)ncn4)cccc3c2c1. The maximum absolute atomic E-state index is 13.8. The van der Waals surface area contributed by atoms with Gasteiger partial charge in [0.2, 0.25) is 5.95 Å². The van der Waals surface area contributed by atoms with Crippen molar-refractivity contribution < 1.29 is 8.81 Å². The smallest absolute Gasteiger partial charge is 0.216 e. The second kappa shape index (κ2) is 7.95. The Labute approximate surface area is 194 Å². The molecule has 0 unspecified atom stereocenters. The van der Waals surface area contributed by atoms with Gasteiger partial charge in [-0.3, -0.25) is 0 Å². The van der Waals surface area contributed by atoms with Crippen LogP contribution in [-0.2, 0) is 0 Å². The van der Waals surface area contributed by atoms with Crippen molar-refractivity contribution in [1.82, 2.24) is 9.97 Å². The Bertz CT molecular complexity index is 1730. The normalized spacial score (nSPS) is 11.1. The minimum atomic E-state index is -0.608. The molecule has 0 amide bonds. The summed E-state index contributed by atoms with van der Waals surface area (Å²) in [7, 11) is 0. The first-order valence-electron chi connectivity index (χ1n) is 10.7. The molecule has 0 aliphatic heterocycles. The Morgan fingerprint density at radius 2 is 1.44 bits per heavy atom. The Hall–Kier alpha value is -4.82. The molecule has 0 spiro atoms. The van der Waals surface area contributed by atoms with Gasteiger partial charge in [0.05, 0.1) is 17.3 Å². The molecule has 6 rings (SSSR count). The first-order valence-corrected chi connectivity index (χ1v) is 10.7. The van der Waals surface area contributed by atoms with Crippen LogP contribution in [0.15, 0.2) is 102 Å². The lowest BCUT2D eigenvalue weighted by atomic mass is 9.96. The Kier molecular flexibility index (Phi) is 4.64. The molecule has 0 saturated heterocycles. The number of benzene rings is 4. The maximum Gasteiger partial charge on any atom is 0.216 e. The summed E-state index contributed by atoms with van der Waals surface area (Å²) in [5.74, 6) is -0.608. The molecule has 4 nitrogen and oxygen atoms in total. The molecule has 0 radical (unpaired) electrons. The summed E-state index contributed by atoms with van der Waals surface area (Å²) in [5.41, 5.74) is 6.83. The molecule has 0 bridgehead atoms. The highest BCUT2D eigenvalue weighted by molar-refractivity contribution is 6.13. The third-order valence-corrected chi connectivity index (χ3v) is 5.92. The standard InChI is InChI=1S/C29H16FN3O/c30-27-15-26(32-17-33-27)23-11-5-10-22-25-13-18(16-31)12-24(29(25)34-28(22)23)21-9-4-8-20(14-21)19-6-2-1-3-7-19/h1-15,17H. The Balaban J connectivity index is 1.63. The molecule has 4 aromatic carbocycles. The summed E-state index contributed by atoms with van der Waals surface area (Å²) < 4.78 is 20.2.